The molecular formula is C12H25N. The van der Waals surface area contributed by atoms with Crippen molar-refractivity contribution in [2.75, 3.05) is 0 Å². The lowest BCUT2D eigenvalue weighted by Crippen LogP contribution is -2.30. The van der Waals surface area contributed by atoms with Crippen molar-refractivity contribution in [1.82, 2.24) is 0 Å². The lowest BCUT2D eigenvalue weighted by Gasteiger charge is -2.28. The lowest BCUT2D eigenvalue weighted by atomic mass is 9.80. The molecule has 0 aromatic heterocycles. The van der Waals surface area contributed by atoms with E-state index in [2.05, 4.69) is 41.2 Å². The molecule has 13 heavy (non-hydrogen) atoms. The van der Waals surface area contributed by atoms with Gasteiger partial charge in [0.1, 0.15) is 0 Å². The largest absolute Gasteiger partial charge is 0.328 e. The predicted octanol–water partition coefficient (Wildman–Crippen LogP) is 3.35. The highest BCUT2D eigenvalue weighted by Crippen LogP contribution is 2.28. The van der Waals surface area contributed by atoms with E-state index < -0.39 is 0 Å². The summed E-state index contributed by atoms with van der Waals surface area (Å²) in [5.74, 6) is 0. The van der Waals surface area contributed by atoms with Gasteiger partial charge in [0.15, 0.2) is 0 Å². The lowest BCUT2D eigenvalue weighted by molar-refractivity contribution is 0.289. The van der Waals surface area contributed by atoms with Crippen LogP contribution in [0.1, 0.15) is 47.5 Å². The van der Waals surface area contributed by atoms with Gasteiger partial charge in [0.2, 0.25) is 0 Å². The predicted molar refractivity (Wildman–Crippen MR) is 60.6 cm³/mol. The molecule has 0 aliphatic heterocycles. The van der Waals surface area contributed by atoms with Gasteiger partial charge in [0.05, 0.1) is 0 Å². The van der Waals surface area contributed by atoms with Crippen LogP contribution in [0.2, 0.25) is 0 Å². The summed E-state index contributed by atoms with van der Waals surface area (Å²) in [5, 5.41) is 0. The molecule has 1 heteroatoms. The van der Waals surface area contributed by atoms with E-state index in [1.165, 1.54) is 0 Å². The van der Waals surface area contributed by atoms with Gasteiger partial charge in [-0.3, -0.25) is 0 Å². The Balaban J connectivity index is 4.01. The maximum atomic E-state index is 6.07. The van der Waals surface area contributed by atoms with Crippen LogP contribution in [0.4, 0.5) is 0 Å². The quantitative estimate of drug-likeness (QED) is 0.665. The van der Waals surface area contributed by atoms with Gasteiger partial charge in [0, 0.05) is 6.04 Å². The van der Waals surface area contributed by atoms with Crippen molar-refractivity contribution in [3.05, 3.63) is 12.7 Å². The van der Waals surface area contributed by atoms with E-state index in [-0.39, 0.29) is 11.5 Å². The number of rotatable bonds is 4. The van der Waals surface area contributed by atoms with Crippen LogP contribution in [0.25, 0.3) is 0 Å². The third-order valence-corrected chi connectivity index (χ3v) is 2.22. The average Bonchev–Trinajstić information content (AvgIpc) is 1.81. The molecule has 1 unspecified atom stereocenters. The van der Waals surface area contributed by atoms with Crippen LogP contribution < -0.4 is 5.73 Å². The van der Waals surface area contributed by atoms with Crippen LogP contribution in [-0.4, -0.2) is 6.04 Å². The first-order valence-electron chi connectivity index (χ1n) is 5.05. The SMILES string of the molecule is C=CC(C)(C)CC(N)CC(C)(C)C. The molecule has 0 saturated carbocycles. The van der Waals surface area contributed by atoms with E-state index >= 15 is 0 Å². The van der Waals surface area contributed by atoms with Crippen LogP contribution in [-0.2, 0) is 0 Å². The van der Waals surface area contributed by atoms with Crippen molar-refractivity contribution < 1.29 is 0 Å². The van der Waals surface area contributed by atoms with Crippen LogP contribution in [0.5, 0.6) is 0 Å². The second-order valence-electron chi connectivity index (χ2n) is 5.92. The molecular weight excluding hydrogens is 158 g/mol. The minimum Gasteiger partial charge on any atom is -0.328 e. The highest BCUT2D eigenvalue weighted by molar-refractivity contribution is 4.90. The van der Waals surface area contributed by atoms with Crippen molar-refractivity contribution >= 4 is 0 Å². The summed E-state index contributed by atoms with van der Waals surface area (Å²) < 4.78 is 0. The van der Waals surface area contributed by atoms with Gasteiger partial charge in [0.25, 0.3) is 0 Å². The van der Waals surface area contributed by atoms with Crippen LogP contribution in [0.3, 0.4) is 0 Å². The Hall–Kier alpha value is -0.300. The molecule has 0 aliphatic rings. The van der Waals surface area contributed by atoms with E-state index in [0.717, 1.165) is 12.8 Å². The second-order valence-corrected chi connectivity index (χ2v) is 5.92. The highest BCUT2D eigenvalue weighted by atomic mass is 14.6. The fourth-order valence-electron chi connectivity index (χ4n) is 1.62. The first-order valence-corrected chi connectivity index (χ1v) is 5.05. The third kappa shape index (κ3) is 6.83. The summed E-state index contributed by atoms with van der Waals surface area (Å²) in [5.41, 5.74) is 6.58. The molecule has 0 saturated heterocycles. The zero-order chi connectivity index (χ0) is 10.7. The van der Waals surface area contributed by atoms with Crippen molar-refractivity contribution in [2.24, 2.45) is 16.6 Å². The Morgan fingerprint density at radius 3 is 1.92 bits per heavy atom. The van der Waals surface area contributed by atoms with Gasteiger partial charge < -0.3 is 5.73 Å². The molecule has 0 heterocycles. The molecule has 78 valence electrons. The molecule has 0 rings (SSSR count). The number of hydrogen-bond acceptors (Lipinski definition) is 1. The van der Waals surface area contributed by atoms with Gasteiger partial charge >= 0.3 is 0 Å². The van der Waals surface area contributed by atoms with Crippen molar-refractivity contribution in [2.45, 2.75) is 53.5 Å². The van der Waals surface area contributed by atoms with Crippen LogP contribution in [0, 0.1) is 10.8 Å². The average molecular weight is 183 g/mol. The van der Waals surface area contributed by atoms with E-state index in [1.807, 2.05) is 6.08 Å². The fraction of sp³-hybridized carbons (Fsp3) is 0.833. The molecule has 0 aliphatic carbocycles. The Bertz CT molecular complexity index is 162. The topological polar surface area (TPSA) is 26.0 Å². The van der Waals surface area contributed by atoms with Crippen molar-refractivity contribution in [1.29, 1.82) is 0 Å². The molecule has 0 amide bonds. The first-order chi connectivity index (χ1) is 5.66. The monoisotopic (exact) mass is 183 g/mol. The molecule has 0 aromatic carbocycles. The Morgan fingerprint density at radius 1 is 1.15 bits per heavy atom. The number of hydrogen-bond donors (Lipinski definition) is 1. The van der Waals surface area contributed by atoms with E-state index in [4.69, 9.17) is 5.73 Å². The van der Waals surface area contributed by atoms with Crippen LogP contribution >= 0.6 is 0 Å². The summed E-state index contributed by atoms with van der Waals surface area (Å²) in [4.78, 5) is 0. The third-order valence-electron chi connectivity index (χ3n) is 2.22. The zero-order valence-corrected chi connectivity index (χ0v) is 9.85. The molecule has 0 spiro atoms. The number of nitrogens with two attached hydrogens (primary N) is 1. The first kappa shape index (κ1) is 12.7. The Labute approximate surface area is 83.4 Å². The number of allylic oxidation sites excluding steroid dienone is 1. The molecule has 1 nitrogen and oxygen atoms in total. The van der Waals surface area contributed by atoms with Gasteiger partial charge in [-0.25, -0.2) is 0 Å². The summed E-state index contributed by atoms with van der Waals surface area (Å²) in [6.45, 7) is 14.9. The van der Waals surface area contributed by atoms with Crippen LogP contribution in [0.15, 0.2) is 12.7 Å². The minimum atomic E-state index is 0.171. The Morgan fingerprint density at radius 2 is 1.62 bits per heavy atom. The standard InChI is InChI=1S/C12H25N/c1-7-12(5,6)9-10(13)8-11(2,3)4/h7,10H,1,8-9,13H2,2-6H3. The molecule has 0 bridgehead atoms. The highest BCUT2D eigenvalue weighted by Gasteiger charge is 2.21. The molecule has 0 fully saturated rings. The summed E-state index contributed by atoms with van der Waals surface area (Å²) in [6, 6.07) is 0.285. The summed E-state index contributed by atoms with van der Waals surface area (Å²) in [6.07, 6.45) is 4.09. The molecule has 0 radical (unpaired) electrons. The van der Waals surface area contributed by atoms with E-state index in [0.29, 0.717) is 5.41 Å². The fourth-order valence-corrected chi connectivity index (χ4v) is 1.62. The maximum absolute atomic E-state index is 6.07. The zero-order valence-electron chi connectivity index (χ0n) is 9.85. The van der Waals surface area contributed by atoms with Crippen molar-refractivity contribution in [3.63, 3.8) is 0 Å². The maximum Gasteiger partial charge on any atom is 0.00518 e. The smallest absolute Gasteiger partial charge is 0.00518 e. The van der Waals surface area contributed by atoms with Gasteiger partial charge in [-0.2, -0.15) is 0 Å². The molecule has 1 atom stereocenters. The second kappa shape index (κ2) is 4.28. The molecule has 2 N–H and O–H groups in total. The summed E-state index contributed by atoms with van der Waals surface area (Å²) in [7, 11) is 0. The van der Waals surface area contributed by atoms with E-state index in [1.54, 1.807) is 0 Å². The van der Waals surface area contributed by atoms with Gasteiger partial charge in [-0.1, -0.05) is 40.7 Å². The van der Waals surface area contributed by atoms with Crippen molar-refractivity contribution in [3.8, 4) is 0 Å². The van der Waals surface area contributed by atoms with Gasteiger partial charge in [-0.15, -0.1) is 6.58 Å². The normalized spacial score (nSPS) is 15.5. The van der Waals surface area contributed by atoms with Gasteiger partial charge in [-0.05, 0) is 23.7 Å². The Kier molecular flexibility index (Phi) is 4.18. The minimum absolute atomic E-state index is 0.171. The van der Waals surface area contributed by atoms with E-state index in [9.17, 15) is 0 Å². The summed E-state index contributed by atoms with van der Waals surface area (Å²) >= 11 is 0. The molecule has 0 aromatic rings.